The lowest BCUT2D eigenvalue weighted by molar-refractivity contribution is -0.142. The van der Waals surface area contributed by atoms with Crippen molar-refractivity contribution in [2.75, 3.05) is 0 Å². The summed E-state index contributed by atoms with van der Waals surface area (Å²) >= 11 is 0. The minimum Gasteiger partial charge on any atom is -0.480 e. The maximum absolute atomic E-state index is 11.0. The largest absolute Gasteiger partial charge is 0.480 e. The van der Waals surface area contributed by atoms with Gasteiger partial charge < -0.3 is 10.8 Å². The van der Waals surface area contributed by atoms with Crippen LogP contribution in [0, 0.1) is 10.8 Å². The molecular formula is C12H21NO2. The van der Waals surface area contributed by atoms with E-state index in [1.165, 1.54) is 19.3 Å². The molecule has 1 unspecified atom stereocenters. The zero-order valence-electron chi connectivity index (χ0n) is 9.46. The lowest BCUT2D eigenvalue weighted by Crippen LogP contribution is -2.48. The van der Waals surface area contributed by atoms with Gasteiger partial charge in [-0.25, -0.2) is 0 Å². The molecule has 3 heteroatoms. The number of carboxylic acid groups (broad SMARTS) is 1. The number of carboxylic acids is 1. The van der Waals surface area contributed by atoms with Crippen LogP contribution in [0.3, 0.4) is 0 Å². The molecular weight excluding hydrogens is 190 g/mol. The van der Waals surface area contributed by atoms with E-state index < -0.39 is 12.0 Å². The normalized spacial score (nSPS) is 29.5. The Bertz CT molecular complexity index is 265. The Kier molecular flexibility index (Phi) is 2.53. The maximum atomic E-state index is 11.0. The molecule has 0 spiro atoms. The zero-order chi connectivity index (χ0) is 11.1. The van der Waals surface area contributed by atoms with Crippen LogP contribution >= 0.6 is 0 Å². The van der Waals surface area contributed by atoms with Gasteiger partial charge in [0.2, 0.25) is 0 Å². The number of nitrogens with two attached hydrogens (primary N) is 1. The van der Waals surface area contributed by atoms with Gasteiger partial charge in [0.15, 0.2) is 0 Å². The van der Waals surface area contributed by atoms with Crippen LogP contribution in [0.25, 0.3) is 0 Å². The molecule has 3 nitrogen and oxygen atoms in total. The molecule has 0 bridgehead atoms. The molecule has 0 amide bonds. The minimum atomic E-state index is -0.820. The molecule has 0 aromatic carbocycles. The van der Waals surface area contributed by atoms with E-state index in [0.717, 1.165) is 25.7 Å². The molecule has 1 atom stereocenters. The lowest BCUT2D eigenvalue weighted by Gasteiger charge is -2.43. The van der Waals surface area contributed by atoms with Crippen molar-refractivity contribution in [3.63, 3.8) is 0 Å². The SMILES string of the molecule is CC1(C2(C(N)C(=O)O)CC2)CCCCC1. The first kappa shape index (κ1) is 10.9. The monoisotopic (exact) mass is 211 g/mol. The highest BCUT2D eigenvalue weighted by atomic mass is 16.4. The molecule has 0 radical (unpaired) electrons. The third-order valence-electron chi connectivity index (χ3n) is 4.81. The fraction of sp³-hybridized carbons (Fsp3) is 0.917. The third kappa shape index (κ3) is 1.57. The van der Waals surface area contributed by atoms with Gasteiger partial charge in [-0.15, -0.1) is 0 Å². The highest BCUT2D eigenvalue weighted by Crippen LogP contribution is 2.65. The summed E-state index contributed by atoms with van der Waals surface area (Å²) in [6.07, 6.45) is 8.12. The topological polar surface area (TPSA) is 63.3 Å². The second-order valence-electron chi connectivity index (χ2n) is 5.59. The molecule has 2 aliphatic carbocycles. The van der Waals surface area contributed by atoms with Gasteiger partial charge in [-0.1, -0.05) is 26.2 Å². The molecule has 86 valence electrons. The molecule has 2 aliphatic rings. The highest BCUT2D eigenvalue weighted by molar-refractivity contribution is 5.75. The van der Waals surface area contributed by atoms with Crippen LogP contribution in [-0.4, -0.2) is 17.1 Å². The number of hydrogen-bond acceptors (Lipinski definition) is 2. The zero-order valence-corrected chi connectivity index (χ0v) is 9.46. The minimum absolute atomic E-state index is 0.0841. The predicted molar refractivity (Wildman–Crippen MR) is 58.5 cm³/mol. The van der Waals surface area contributed by atoms with Crippen molar-refractivity contribution >= 4 is 5.97 Å². The summed E-state index contributed by atoms with van der Waals surface area (Å²) in [7, 11) is 0. The Morgan fingerprint density at radius 2 is 1.73 bits per heavy atom. The molecule has 0 heterocycles. The second-order valence-corrected chi connectivity index (χ2v) is 5.59. The molecule has 0 aromatic rings. The van der Waals surface area contributed by atoms with Crippen LogP contribution in [-0.2, 0) is 4.79 Å². The van der Waals surface area contributed by atoms with Crippen molar-refractivity contribution in [1.82, 2.24) is 0 Å². The Hall–Kier alpha value is -0.570. The fourth-order valence-corrected chi connectivity index (χ4v) is 3.49. The van der Waals surface area contributed by atoms with Crippen LogP contribution in [0.2, 0.25) is 0 Å². The van der Waals surface area contributed by atoms with E-state index in [0.29, 0.717) is 0 Å². The number of rotatable bonds is 3. The van der Waals surface area contributed by atoms with E-state index in [1.807, 2.05) is 0 Å². The van der Waals surface area contributed by atoms with Crippen LogP contribution < -0.4 is 5.73 Å². The summed E-state index contributed by atoms with van der Waals surface area (Å²) in [6.45, 7) is 2.25. The maximum Gasteiger partial charge on any atom is 0.321 e. The standard InChI is InChI=1S/C12H21NO2/c1-11(5-3-2-4-6-11)12(7-8-12)9(13)10(14)15/h9H,2-8,13H2,1H3,(H,14,15). The van der Waals surface area contributed by atoms with Gasteiger partial charge in [0.1, 0.15) is 6.04 Å². The smallest absolute Gasteiger partial charge is 0.321 e. The van der Waals surface area contributed by atoms with Crippen LogP contribution in [0.5, 0.6) is 0 Å². The first-order valence-electron chi connectivity index (χ1n) is 6.00. The number of carbonyl (C=O) groups is 1. The summed E-state index contributed by atoms with van der Waals surface area (Å²) in [5, 5.41) is 9.08. The molecule has 15 heavy (non-hydrogen) atoms. The third-order valence-corrected chi connectivity index (χ3v) is 4.81. The summed E-state index contributed by atoms with van der Waals surface area (Å²) in [5.41, 5.74) is 5.97. The van der Waals surface area contributed by atoms with Crippen molar-refractivity contribution in [3.8, 4) is 0 Å². The van der Waals surface area contributed by atoms with Gasteiger partial charge >= 0.3 is 5.97 Å². The number of hydrogen-bond donors (Lipinski definition) is 2. The van der Waals surface area contributed by atoms with Crippen molar-refractivity contribution in [3.05, 3.63) is 0 Å². The molecule has 2 rings (SSSR count). The van der Waals surface area contributed by atoms with Gasteiger partial charge in [-0.3, -0.25) is 4.79 Å². The molecule has 3 N–H and O–H groups in total. The van der Waals surface area contributed by atoms with Gasteiger partial charge in [-0.2, -0.15) is 0 Å². The summed E-state index contributed by atoms with van der Waals surface area (Å²) < 4.78 is 0. The van der Waals surface area contributed by atoms with Crippen LogP contribution in [0.4, 0.5) is 0 Å². The molecule has 0 aliphatic heterocycles. The molecule has 2 saturated carbocycles. The Balaban J connectivity index is 2.17. The second kappa shape index (κ2) is 3.48. The number of aliphatic carboxylic acids is 1. The molecule has 0 saturated heterocycles. The van der Waals surface area contributed by atoms with Crippen molar-refractivity contribution in [1.29, 1.82) is 0 Å². The van der Waals surface area contributed by atoms with Crippen molar-refractivity contribution in [2.24, 2.45) is 16.6 Å². The average Bonchev–Trinajstić information content (AvgIpc) is 2.98. The average molecular weight is 211 g/mol. The van der Waals surface area contributed by atoms with E-state index in [1.54, 1.807) is 0 Å². The van der Waals surface area contributed by atoms with Crippen LogP contribution in [0.15, 0.2) is 0 Å². The predicted octanol–water partition coefficient (Wildman–Crippen LogP) is 2.15. The first-order chi connectivity index (χ1) is 7.02. The van der Waals surface area contributed by atoms with E-state index in [9.17, 15) is 4.79 Å². The Morgan fingerprint density at radius 3 is 2.13 bits per heavy atom. The Labute approximate surface area is 91.0 Å². The summed E-state index contributed by atoms with van der Waals surface area (Å²) in [6, 6.07) is -0.652. The van der Waals surface area contributed by atoms with E-state index >= 15 is 0 Å². The van der Waals surface area contributed by atoms with Gasteiger partial charge in [0.25, 0.3) is 0 Å². The summed E-state index contributed by atoms with van der Waals surface area (Å²) in [4.78, 5) is 11.0. The van der Waals surface area contributed by atoms with E-state index in [4.69, 9.17) is 10.8 Å². The Morgan fingerprint density at radius 1 is 1.20 bits per heavy atom. The van der Waals surface area contributed by atoms with E-state index in [-0.39, 0.29) is 10.8 Å². The lowest BCUT2D eigenvalue weighted by atomic mass is 9.62. The van der Waals surface area contributed by atoms with Gasteiger partial charge in [0, 0.05) is 5.41 Å². The van der Waals surface area contributed by atoms with E-state index in [2.05, 4.69) is 6.92 Å². The first-order valence-corrected chi connectivity index (χ1v) is 6.00. The quantitative estimate of drug-likeness (QED) is 0.751. The van der Waals surface area contributed by atoms with Crippen molar-refractivity contribution in [2.45, 2.75) is 57.9 Å². The van der Waals surface area contributed by atoms with Gasteiger partial charge in [0.05, 0.1) is 0 Å². The van der Waals surface area contributed by atoms with Gasteiger partial charge in [-0.05, 0) is 31.1 Å². The molecule has 2 fully saturated rings. The van der Waals surface area contributed by atoms with Crippen molar-refractivity contribution < 1.29 is 9.90 Å². The molecule has 0 aromatic heterocycles. The highest BCUT2D eigenvalue weighted by Gasteiger charge is 2.61. The fourth-order valence-electron chi connectivity index (χ4n) is 3.49. The summed E-state index contributed by atoms with van der Waals surface area (Å²) in [5.74, 6) is -0.820. The van der Waals surface area contributed by atoms with Crippen LogP contribution in [0.1, 0.15) is 51.9 Å².